The van der Waals surface area contributed by atoms with Gasteiger partial charge in [0.15, 0.2) is 11.5 Å². The molecule has 2 aliphatic rings. The largest absolute Gasteiger partial charge is 0.497 e. The Labute approximate surface area is 288 Å². The molecular weight excluding hydrogens is 624 g/mol. The first-order valence-electron chi connectivity index (χ1n) is 16.9. The summed E-state index contributed by atoms with van der Waals surface area (Å²) < 4.78 is 22.4. The van der Waals surface area contributed by atoms with Gasteiger partial charge in [-0.05, 0) is 84.7 Å². The number of nitrogens with zero attached hydrogens (tertiary/aromatic N) is 1. The minimum absolute atomic E-state index is 0.0225. The zero-order valence-electron chi connectivity index (χ0n) is 29.1. The maximum atomic E-state index is 13.5. The van der Waals surface area contributed by atoms with Crippen molar-refractivity contribution in [2.75, 3.05) is 53.4 Å². The summed E-state index contributed by atoms with van der Waals surface area (Å²) in [5.41, 5.74) is 4.69. The fraction of sp³-hybridized carbons (Fsp3) is 0.447. The Morgan fingerprint density at radius 1 is 0.857 bits per heavy atom. The number of amides is 2. The predicted octanol–water partition coefficient (Wildman–Crippen LogP) is 4.84. The van der Waals surface area contributed by atoms with Crippen LogP contribution in [-0.2, 0) is 22.6 Å². The molecule has 1 saturated heterocycles. The van der Waals surface area contributed by atoms with Gasteiger partial charge in [-0.25, -0.2) is 0 Å². The van der Waals surface area contributed by atoms with Gasteiger partial charge in [0.1, 0.15) is 5.75 Å². The Hall–Kier alpha value is -4.77. The highest BCUT2D eigenvalue weighted by Crippen LogP contribution is 2.50. The zero-order valence-corrected chi connectivity index (χ0v) is 29.1. The summed E-state index contributed by atoms with van der Waals surface area (Å²) in [6, 6.07) is 15.1. The molecule has 2 amide bonds. The van der Waals surface area contributed by atoms with Crippen molar-refractivity contribution in [1.29, 1.82) is 0 Å². The van der Waals surface area contributed by atoms with Crippen LogP contribution in [0, 0.1) is 0 Å². The molecule has 49 heavy (non-hydrogen) atoms. The number of benzene rings is 2. The van der Waals surface area contributed by atoms with E-state index in [1.54, 1.807) is 40.6 Å². The van der Waals surface area contributed by atoms with Crippen LogP contribution in [0.1, 0.15) is 61.8 Å². The van der Waals surface area contributed by atoms with Gasteiger partial charge in [0.2, 0.25) is 23.0 Å². The van der Waals surface area contributed by atoms with E-state index in [2.05, 4.69) is 33.0 Å². The van der Waals surface area contributed by atoms with Crippen LogP contribution in [0.3, 0.4) is 0 Å². The van der Waals surface area contributed by atoms with Gasteiger partial charge in [-0.2, -0.15) is 0 Å². The van der Waals surface area contributed by atoms with Crippen molar-refractivity contribution in [3.05, 3.63) is 75.4 Å². The number of piperidine rings is 1. The highest BCUT2D eigenvalue weighted by atomic mass is 16.5. The van der Waals surface area contributed by atoms with Gasteiger partial charge in [0.05, 0.1) is 40.2 Å². The Morgan fingerprint density at radius 3 is 2.24 bits per heavy atom. The van der Waals surface area contributed by atoms with E-state index in [4.69, 9.17) is 18.9 Å². The summed E-state index contributed by atoms with van der Waals surface area (Å²) in [5, 5.41) is 9.47. The molecule has 0 bridgehead atoms. The van der Waals surface area contributed by atoms with E-state index in [0.29, 0.717) is 60.7 Å². The van der Waals surface area contributed by atoms with Crippen molar-refractivity contribution in [3.8, 4) is 34.1 Å². The number of hydrogen-bond donors (Lipinski definition) is 3. The van der Waals surface area contributed by atoms with Crippen molar-refractivity contribution >= 4 is 17.5 Å². The summed E-state index contributed by atoms with van der Waals surface area (Å²) >= 11 is 0. The first kappa shape index (κ1) is 35.5. The Balaban J connectivity index is 1.21. The second-order valence-corrected chi connectivity index (χ2v) is 12.6. The Bertz CT molecular complexity index is 1690. The summed E-state index contributed by atoms with van der Waals surface area (Å²) in [5.74, 6) is 2.20. The fourth-order valence-electron chi connectivity index (χ4n) is 6.85. The molecule has 0 saturated carbocycles. The van der Waals surface area contributed by atoms with Gasteiger partial charge in [-0.1, -0.05) is 18.2 Å². The van der Waals surface area contributed by atoms with Gasteiger partial charge in [0, 0.05) is 51.1 Å². The number of carbonyl (C=O) groups is 2. The van der Waals surface area contributed by atoms with Crippen LogP contribution in [0.25, 0.3) is 11.1 Å². The minimum Gasteiger partial charge on any atom is -0.497 e. The Kier molecular flexibility index (Phi) is 12.0. The first-order valence-corrected chi connectivity index (χ1v) is 16.9. The summed E-state index contributed by atoms with van der Waals surface area (Å²) in [6.45, 7) is 4.67. The normalized spacial score (nSPS) is 16.0. The van der Waals surface area contributed by atoms with Crippen LogP contribution in [0.4, 0.5) is 5.69 Å². The predicted molar refractivity (Wildman–Crippen MR) is 190 cm³/mol. The SMILES string of the molecule is COc1ccc(CN2CCC(NC(=O)CCCNc3ccc4c(cc3=O)[C@@H](NC(C)=O)CCc3cc(OC)c(OC)c(OC)c3-4)CC2)cc1. The molecule has 0 aromatic heterocycles. The van der Waals surface area contributed by atoms with Gasteiger partial charge in [-0.15, -0.1) is 0 Å². The maximum Gasteiger partial charge on any atom is 0.220 e. The van der Waals surface area contributed by atoms with Crippen molar-refractivity contribution in [2.24, 2.45) is 0 Å². The lowest BCUT2D eigenvalue weighted by Gasteiger charge is -2.32. The number of anilines is 1. The van der Waals surface area contributed by atoms with Crippen molar-refractivity contribution in [2.45, 2.75) is 64.1 Å². The standard InChI is InChI=1S/C38H48N4O7/c1-24(43)40-31-14-10-26-21-34(47-3)37(48-4)38(49-5)36(26)29-13-15-32(33(44)22-30(29)31)39-18-6-7-35(45)41-27-16-19-42(20-17-27)23-25-8-11-28(46-2)12-9-25/h8-9,11-13,15,21-22,27,31H,6-7,10,14,16-20,23H2,1-5H3,(H,39,44)(H,40,43)(H,41,45)/t31-/m0/s1. The van der Waals surface area contributed by atoms with Crippen molar-refractivity contribution < 1.29 is 28.5 Å². The lowest BCUT2D eigenvalue weighted by molar-refractivity contribution is -0.122. The molecule has 0 radical (unpaired) electrons. The quantitative estimate of drug-likeness (QED) is 0.219. The lowest BCUT2D eigenvalue weighted by atomic mass is 9.95. The third-order valence-corrected chi connectivity index (χ3v) is 9.33. The van der Waals surface area contributed by atoms with E-state index >= 15 is 0 Å². The number of aryl methyl sites for hydroxylation is 1. The monoisotopic (exact) mass is 672 g/mol. The van der Waals surface area contributed by atoms with Crippen LogP contribution >= 0.6 is 0 Å². The topological polar surface area (TPSA) is 127 Å². The maximum absolute atomic E-state index is 13.5. The number of nitrogens with one attached hydrogen (secondary N) is 3. The third-order valence-electron chi connectivity index (χ3n) is 9.33. The molecule has 1 heterocycles. The number of hydrogen-bond acceptors (Lipinski definition) is 9. The lowest BCUT2D eigenvalue weighted by Crippen LogP contribution is -2.44. The molecule has 262 valence electrons. The molecule has 0 spiro atoms. The highest BCUT2D eigenvalue weighted by molar-refractivity contribution is 5.84. The zero-order chi connectivity index (χ0) is 34.9. The number of rotatable bonds is 13. The molecule has 3 N–H and O–H groups in total. The van der Waals surface area contributed by atoms with E-state index in [0.717, 1.165) is 54.9 Å². The summed E-state index contributed by atoms with van der Waals surface area (Å²) in [4.78, 5) is 41.0. The van der Waals surface area contributed by atoms with Crippen LogP contribution in [0.5, 0.6) is 23.0 Å². The summed E-state index contributed by atoms with van der Waals surface area (Å²) in [7, 11) is 6.38. The Morgan fingerprint density at radius 2 is 1.59 bits per heavy atom. The first-order chi connectivity index (χ1) is 23.7. The second-order valence-electron chi connectivity index (χ2n) is 12.6. The van der Waals surface area contributed by atoms with Gasteiger partial charge >= 0.3 is 0 Å². The van der Waals surface area contributed by atoms with E-state index < -0.39 is 0 Å². The smallest absolute Gasteiger partial charge is 0.220 e. The molecule has 11 nitrogen and oxygen atoms in total. The molecule has 3 aromatic carbocycles. The number of ether oxygens (including phenoxy) is 4. The number of carbonyl (C=O) groups excluding carboxylic acids is 2. The molecule has 5 rings (SSSR count). The van der Waals surface area contributed by atoms with E-state index in [-0.39, 0.29) is 29.3 Å². The summed E-state index contributed by atoms with van der Waals surface area (Å²) in [6.07, 6.45) is 3.97. The molecule has 1 aliphatic carbocycles. The fourth-order valence-corrected chi connectivity index (χ4v) is 6.85. The van der Waals surface area contributed by atoms with Gasteiger partial charge < -0.3 is 34.9 Å². The van der Waals surface area contributed by atoms with Crippen LogP contribution in [0.2, 0.25) is 0 Å². The van der Waals surface area contributed by atoms with Crippen LogP contribution in [0.15, 0.2) is 53.3 Å². The van der Waals surface area contributed by atoms with Crippen molar-refractivity contribution in [3.63, 3.8) is 0 Å². The molecule has 1 atom stereocenters. The third kappa shape index (κ3) is 8.64. The van der Waals surface area contributed by atoms with E-state index in [1.807, 2.05) is 24.3 Å². The highest BCUT2D eigenvalue weighted by Gasteiger charge is 2.29. The van der Waals surface area contributed by atoms with E-state index in [1.165, 1.54) is 12.5 Å². The molecule has 1 fully saturated rings. The average molecular weight is 673 g/mol. The average Bonchev–Trinajstić information content (AvgIpc) is 3.34. The number of fused-ring (bicyclic) bond motifs is 3. The molecule has 11 heteroatoms. The number of methoxy groups -OCH3 is 4. The second kappa shape index (κ2) is 16.6. The van der Waals surface area contributed by atoms with Crippen LogP contribution in [-0.4, -0.2) is 70.8 Å². The molecule has 0 unspecified atom stereocenters. The van der Waals surface area contributed by atoms with Crippen LogP contribution < -0.4 is 40.3 Å². The number of likely N-dealkylation sites (tertiary alicyclic amines) is 1. The van der Waals surface area contributed by atoms with Gasteiger partial charge in [0.25, 0.3) is 0 Å². The minimum atomic E-state index is -0.382. The van der Waals surface area contributed by atoms with E-state index in [9.17, 15) is 14.4 Å². The molecular formula is C38H48N4O7. The molecule has 3 aromatic rings. The molecule has 1 aliphatic heterocycles. The van der Waals surface area contributed by atoms with Crippen molar-refractivity contribution in [1.82, 2.24) is 15.5 Å². The van der Waals surface area contributed by atoms with Gasteiger partial charge in [-0.3, -0.25) is 19.3 Å².